The lowest BCUT2D eigenvalue weighted by Crippen LogP contribution is -2.32. The number of hydrogen-bond acceptors (Lipinski definition) is 4. The summed E-state index contributed by atoms with van der Waals surface area (Å²) in [6.45, 7) is 2.05. The number of imide groups is 1. The Hall–Kier alpha value is -3.64. The number of carbonyl (C=O) groups is 2. The number of anilines is 2. The monoisotopic (exact) mass is 450 g/mol. The topological polar surface area (TPSA) is 58.6 Å². The molecule has 162 valence electrons. The van der Waals surface area contributed by atoms with E-state index in [2.05, 4.69) is 12.2 Å². The molecule has 0 saturated heterocycles. The summed E-state index contributed by atoms with van der Waals surface area (Å²) >= 11 is 6.22. The summed E-state index contributed by atoms with van der Waals surface area (Å²) in [4.78, 5) is 27.9. The number of nitrogens with zero attached hydrogens (tertiary/aromatic N) is 1. The largest absolute Gasteiger partial charge is 0.495 e. The number of hydrogen-bond donors (Lipinski definition) is 1. The first-order chi connectivity index (χ1) is 15.4. The zero-order valence-electron chi connectivity index (χ0n) is 17.5. The SMILES string of the molecule is CCc1ccc(NC2=C(c3ccc(F)cc3)C(=O)N(c3ccc(OC)c(Cl)c3)C2=O)cc1. The Bertz CT molecular complexity index is 1220. The summed E-state index contributed by atoms with van der Waals surface area (Å²) in [6, 6.07) is 17.7. The van der Waals surface area contributed by atoms with Crippen molar-refractivity contribution in [2.75, 3.05) is 17.3 Å². The minimum absolute atomic E-state index is 0.109. The summed E-state index contributed by atoms with van der Waals surface area (Å²) in [5, 5.41) is 3.36. The van der Waals surface area contributed by atoms with Gasteiger partial charge in [0.25, 0.3) is 11.8 Å². The third-order valence-electron chi connectivity index (χ3n) is 5.24. The molecule has 3 aromatic carbocycles. The maximum atomic E-state index is 13.5. The Morgan fingerprint density at radius 2 is 1.66 bits per heavy atom. The van der Waals surface area contributed by atoms with Crippen LogP contribution in [-0.4, -0.2) is 18.9 Å². The summed E-state index contributed by atoms with van der Waals surface area (Å²) in [5.41, 5.74) is 2.81. The van der Waals surface area contributed by atoms with Crippen molar-refractivity contribution in [2.24, 2.45) is 0 Å². The normalized spacial score (nSPS) is 13.7. The van der Waals surface area contributed by atoms with Gasteiger partial charge < -0.3 is 10.1 Å². The highest BCUT2D eigenvalue weighted by atomic mass is 35.5. The van der Waals surface area contributed by atoms with Gasteiger partial charge in [0.05, 0.1) is 23.4 Å². The Labute approximate surface area is 190 Å². The summed E-state index contributed by atoms with van der Waals surface area (Å²) in [6.07, 6.45) is 0.882. The average Bonchev–Trinajstić information content (AvgIpc) is 3.04. The molecule has 0 radical (unpaired) electrons. The number of aryl methyl sites for hydroxylation is 1. The van der Waals surface area contributed by atoms with E-state index < -0.39 is 17.6 Å². The van der Waals surface area contributed by atoms with Crippen molar-refractivity contribution in [3.8, 4) is 5.75 Å². The fraction of sp³-hybridized carbons (Fsp3) is 0.120. The molecule has 7 heteroatoms. The molecule has 0 aliphatic carbocycles. The third kappa shape index (κ3) is 3.97. The van der Waals surface area contributed by atoms with Crippen LogP contribution in [0.25, 0.3) is 5.57 Å². The van der Waals surface area contributed by atoms with E-state index in [1.807, 2.05) is 24.3 Å². The highest BCUT2D eigenvalue weighted by molar-refractivity contribution is 6.46. The molecule has 0 fully saturated rings. The lowest BCUT2D eigenvalue weighted by atomic mass is 10.0. The minimum Gasteiger partial charge on any atom is -0.495 e. The molecule has 0 atom stereocenters. The van der Waals surface area contributed by atoms with Gasteiger partial charge in [0.15, 0.2) is 0 Å². The number of benzene rings is 3. The summed E-state index contributed by atoms with van der Waals surface area (Å²) in [7, 11) is 1.48. The zero-order valence-corrected chi connectivity index (χ0v) is 18.2. The van der Waals surface area contributed by atoms with E-state index in [0.717, 1.165) is 16.9 Å². The van der Waals surface area contributed by atoms with Crippen LogP contribution in [0.4, 0.5) is 15.8 Å². The molecule has 2 amide bonds. The van der Waals surface area contributed by atoms with E-state index >= 15 is 0 Å². The fourth-order valence-electron chi connectivity index (χ4n) is 3.53. The number of carbonyl (C=O) groups excluding carboxylic acids is 2. The highest BCUT2D eigenvalue weighted by Gasteiger charge is 2.40. The molecule has 0 spiro atoms. The molecule has 0 unspecified atom stereocenters. The third-order valence-corrected chi connectivity index (χ3v) is 5.54. The van der Waals surface area contributed by atoms with Crippen molar-refractivity contribution in [3.63, 3.8) is 0 Å². The summed E-state index contributed by atoms with van der Waals surface area (Å²) < 4.78 is 18.7. The van der Waals surface area contributed by atoms with Crippen LogP contribution in [0.5, 0.6) is 5.75 Å². The van der Waals surface area contributed by atoms with Crippen LogP contribution in [0.15, 0.2) is 72.4 Å². The van der Waals surface area contributed by atoms with Gasteiger partial charge in [0, 0.05) is 5.69 Å². The van der Waals surface area contributed by atoms with Crippen LogP contribution in [0.2, 0.25) is 5.02 Å². The number of ether oxygens (including phenoxy) is 1. The lowest BCUT2D eigenvalue weighted by Gasteiger charge is -2.16. The number of nitrogens with one attached hydrogen (secondary N) is 1. The van der Waals surface area contributed by atoms with E-state index in [-0.39, 0.29) is 16.3 Å². The number of rotatable bonds is 6. The average molecular weight is 451 g/mol. The van der Waals surface area contributed by atoms with Gasteiger partial charge in [-0.3, -0.25) is 9.59 Å². The highest BCUT2D eigenvalue weighted by Crippen LogP contribution is 2.36. The van der Waals surface area contributed by atoms with Crippen molar-refractivity contribution in [3.05, 3.63) is 94.4 Å². The maximum absolute atomic E-state index is 13.5. The predicted octanol–water partition coefficient (Wildman–Crippen LogP) is 5.45. The Balaban J connectivity index is 1.78. The van der Waals surface area contributed by atoms with E-state index in [1.165, 1.54) is 37.4 Å². The standard InChI is InChI=1S/C25H20ClFN2O3/c1-3-15-4-10-18(11-5-15)28-23-22(16-6-8-17(27)9-7-16)24(30)29(25(23)31)19-12-13-21(32-2)20(26)14-19/h4-14,28H,3H2,1-2H3. The Morgan fingerprint density at radius 3 is 2.25 bits per heavy atom. The van der Waals surface area contributed by atoms with Gasteiger partial charge in [-0.05, 0) is 60.0 Å². The molecule has 5 nitrogen and oxygen atoms in total. The van der Waals surface area contributed by atoms with E-state index in [0.29, 0.717) is 22.7 Å². The van der Waals surface area contributed by atoms with Crippen LogP contribution in [0.3, 0.4) is 0 Å². The zero-order chi connectivity index (χ0) is 22.8. The van der Waals surface area contributed by atoms with Crippen molar-refractivity contribution in [2.45, 2.75) is 13.3 Å². The molecule has 1 N–H and O–H groups in total. The summed E-state index contributed by atoms with van der Waals surface area (Å²) in [5.74, 6) is -1.07. The number of amides is 2. The Morgan fingerprint density at radius 1 is 0.969 bits per heavy atom. The molecular formula is C25H20ClFN2O3. The second-order valence-electron chi connectivity index (χ2n) is 7.20. The predicted molar refractivity (Wildman–Crippen MR) is 123 cm³/mol. The number of halogens is 2. The molecule has 0 aromatic heterocycles. The smallest absolute Gasteiger partial charge is 0.282 e. The van der Waals surface area contributed by atoms with Gasteiger partial charge in [0.2, 0.25) is 0 Å². The molecule has 32 heavy (non-hydrogen) atoms. The quantitative estimate of drug-likeness (QED) is 0.507. The fourth-order valence-corrected chi connectivity index (χ4v) is 3.78. The lowest BCUT2D eigenvalue weighted by molar-refractivity contribution is -0.120. The first-order valence-corrected chi connectivity index (χ1v) is 10.4. The van der Waals surface area contributed by atoms with Crippen molar-refractivity contribution < 1.29 is 18.7 Å². The molecule has 0 bridgehead atoms. The van der Waals surface area contributed by atoms with Crippen molar-refractivity contribution in [1.82, 2.24) is 0 Å². The molecule has 3 aromatic rings. The van der Waals surface area contributed by atoms with Crippen LogP contribution in [0, 0.1) is 5.82 Å². The van der Waals surface area contributed by atoms with Gasteiger partial charge in [-0.25, -0.2) is 9.29 Å². The second-order valence-corrected chi connectivity index (χ2v) is 7.60. The minimum atomic E-state index is -0.532. The molecule has 4 rings (SSSR count). The van der Waals surface area contributed by atoms with Crippen molar-refractivity contribution in [1.29, 1.82) is 0 Å². The first kappa shape index (κ1) is 21.6. The van der Waals surface area contributed by atoms with Crippen molar-refractivity contribution >= 4 is 40.4 Å². The second kappa shape index (κ2) is 8.85. The molecule has 0 saturated carbocycles. The molecular weight excluding hydrogens is 431 g/mol. The van der Waals surface area contributed by atoms with Gasteiger partial charge >= 0.3 is 0 Å². The van der Waals surface area contributed by atoms with Gasteiger partial charge in [0.1, 0.15) is 17.3 Å². The van der Waals surface area contributed by atoms with Gasteiger partial charge in [-0.1, -0.05) is 42.8 Å². The maximum Gasteiger partial charge on any atom is 0.282 e. The first-order valence-electron chi connectivity index (χ1n) is 10.0. The molecule has 1 aliphatic heterocycles. The molecule has 1 heterocycles. The van der Waals surface area contributed by atoms with Crippen LogP contribution >= 0.6 is 11.6 Å². The van der Waals surface area contributed by atoms with Gasteiger partial charge in [-0.2, -0.15) is 0 Å². The van der Waals surface area contributed by atoms with Gasteiger partial charge in [-0.15, -0.1) is 0 Å². The van der Waals surface area contributed by atoms with E-state index in [1.54, 1.807) is 12.1 Å². The number of methoxy groups -OCH3 is 1. The van der Waals surface area contributed by atoms with E-state index in [9.17, 15) is 14.0 Å². The van der Waals surface area contributed by atoms with E-state index in [4.69, 9.17) is 16.3 Å². The van der Waals surface area contributed by atoms with Crippen LogP contribution < -0.4 is 15.0 Å². The Kier molecular flexibility index (Phi) is 5.97. The van der Waals surface area contributed by atoms with Crippen LogP contribution in [-0.2, 0) is 16.0 Å². The van der Waals surface area contributed by atoms with Crippen LogP contribution in [0.1, 0.15) is 18.1 Å². The molecule has 1 aliphatic rings.